The first-order valence-corrected chi connectivity index (χ1v) is 9.54. The van der Waals surface area contributed by atoms with Crippen LogP contribution in [0.1, 0.15) is 20.9 Å². The lowest BCUT2D eigenvalue weighted by atomic mass is 10.3. The van der Waals surface area contributed by atoms with Gasteiger partial charge in [0.05, 0.1) is 17.1 Å². The Kier molecular flexibility index (Phi) is 6.35. The lowest BCUT2D eigenvalue weighted by Crippen LogP contribution is -2.39. The molecular weight excluding hydrogens is 396 g/mol. The van der Waals surface area contributed by atoms with Gasteiger partial charge in [-0.05, 0) is 30.0 Å². The first kappa shape index (κ1) is 20.2. The maximum Gasteiger partial charge on any atom is 0.325 e. The molecule has 3 rings (SSSR count). The van der Waals surface area contributed by atoms with Crippen molar-refractivity contribution >= 4 is 34.8 Å². The molecule has 3 aromatic heterocycles. The van der Waals surface area contributed by atoms with Gasteiger partial charge in [0.1, 0.15) is 18.8 Å². The molecule has 0 aliphatic carbocycles. The van der Waals surface area contributed by atoms with E-state index in [0.29, 0.717) is 16.2 Å². The number of nitrogens with one attached hydrogen (secondary N) is 2. The Morgan fingerprint density at radius 1 is 1.17 bits per heavy atom. The van der Waals surface area contributed by atoms with Gasteiger partial charge in [-0.1, -0.05) is 12.1 Å². The van der Waals surface area contributed by atoms with Crippen molar-refractivity contribution in [1.29, 1.82) is 0 Å². The average molecular weight is 414 g/mol. The summed E-state index contributed by atoms with van der Waals surface area (Å²) in [5, 5.41) is 6.57. The lowest BCUT2D eigenvalue weighted by Gasteiger charge is -2.08. The Bertz CT molecular complexity index is 1110. The first-order chi connectivity index (χ1) is 13.9. The molecule has 0 fully saturated rings. The molecule has 3 aromatic rings. The summed E-state index contributed by atoms with van der Waals surface area (Å²) in [6, 6.07) is 8.23. The van der Waals surface area contributed by atoms with Crippen molar-refractivity contribution in [3.63, 3.8) is 0 Å². The molecule has 0 saturated carbocycles. The van der Waals surface area contributed by atoms with Crippen LogP contribution in [0.5, 0.6) is 0 Å². The fourth-order valence-corrected chi connectivity index (χ4v) is 3.12. The van der Waals surface area contributed by atoms with Gasteiger partial charge in [0.15, 0.2) is 0 Å². The second-order valence-electron chi connectivity index (χ2n) is 6.07. The number of ether oxygens (including phenoxy) is 1. The van der Waals surface area contributed by atoms with Crippen LogP contribution in [0, 0.1) is 6.92 Å². The minimum Gasteiger partial charge on any atom is -0.458 e. The second kappa shape index (κ2) is 9.11. The summed E-state index contributed by atoms with van der Waals surface area (Å²) >= 11 is 1.26. The van der Waals surface area contributed by atoms with Crippen LogP contribution in [0.15, 0.2) is 46.7 Å². The number of carbonyl (C=O) groups excluding carboxylic acids is 3. The summed E-state index contributed by atoms with van der Waals surface area (Å²) in [7, 11) is 0. The van der Waals surface area contributed by atoms with E-state index in [9.17, 15) is 19.2 Å². The maximum absolute atomic E-state index is 12.1. The van der Waals surface area contributed by atoms with Gasteiger partial charge in [-0.2, -0.15) is 0 Å². The smallest absolute Gasteiger partial charge is 0.325 e. The summed E-state index contributed by atoms with van der Waals surface area (Å²) < 4.78 is 6.46. The highest BCUT2D eigenvalue weighted by molar-refractivity contribution is 7.12. The zero-order chi connectivity index (χ0) is 20.8. The summed E-state index contributed by atoms with van der Waals surface area (Å²) in [6.45, 7) is 1.01. The average Bonchev–Trinajstić information content (AvgIpc) is 3.24. The topological polar surface area (TPSA) is 119 Å². The predicted molar refractivity (Wildman–Crippen MR) is 106 cm³/mol. The van der Waals surface area contributed by atoms with Crippen molar-refractivity contribution in [3.05, 3.63) is 68.4 Å². The number of rotatable bonds is 7. The first-order valence-electron chi connectivity index (χ1n) is 8.66. The number of hydrogen-bond acceptors (Lipinski definition) is 7. The Morgan fingerprint density at radius 2 is 2.00 bits per heavy atom. The van der Waals surface area contributed by atoms with Gasteiger partial charge in [0, 0.05) is 12.3 Å². The van der Waals surface area contributed by atoms with Crippen molar-refractivity contribution in [3.8, 4) is 0 Å². The molecule has 0 unspecified atom stereocenters. The van der Waals surface area contributed by atoms with E-state index in [1.807, 2.05) is 13.0 Å². The number of carbonyl (C=O) groups is 3. The van der Waals surface area contributed by atoms with Gasteiger partial charge < -0.3 is 15.4 Å². The summed E-state index contributed by atoms with van der Waals surface area (Å²) in [4.78, 5) is 52.2. The molecule has 0 aliphatic rings. The number of amides is 2. The zero-order valence-corrected chi connectivity index (χ0v) is 16.3. The summed E-state index contributed by atoms with van der Waals surface area (Å²) in [5.74, 6) is -1.57. The summed E-state index contributed by atoms with van der Waals surface area (Å²) in [5.41, 5.74) is 1.34. The van der Waals surface area contributed by atoms with E-state index in [1.54, 1.807) is 29.8 Å². The molecule has 150 valence electrons. The van der Waals surface area contributed by atoms with Gasteiger partial charge in [-0.25, -0.2) is 4.98 Å². The molecule has 0 radical (unpaired) electrons. The number of esters is 1. The van der Waals surface area contributed by atoms with Crippen molar-refractivity contribution < 1.29 is 19.1 Å². The van der Waals surface area contributed by atoms with Crippen LogP contribution in [0.3, 0.4) is 0 Å². The number of thiophene rings is 1. The molecule has 3 heterocycles. The van der Waals surface area contributed by atoms with Gasteiger partial charge >= 0.3 is 5.97 Å². The van der Waals surface area contributed by atoms with E-state index in [2.05, 4.69) is 15.6 Å². The number of fused-ring (bicyclic) bond motifs is 1. The highest BCUT2D eigenvalue weighted by Crippen LogP contribution is 2.07. The number of aromatic nitrogens is 2. The summed E-state index contributed by atoms with van der Waals surface area (Å²) in [6.07, 6.45) is 1.61. The van der Waals surface area contributed by atoms with Crippen LogP contribution in [-0.4, -0.2) is 40.3 Å². The predicted octanol–water partition coefficient (Wildman–Crippen LogP) is 0.654. The molecule has 29 heavy (non-hydrogen) atoms. The number of aryl methyl sites for hydroxylation is 1. The van der Waals surface area contributed by atoms with Crippen LogP contribution in [-0.2, 0) is 20.9 Å². The van der Waals surface area contributed by atoms with E-state index in [0.717, 1.165) is 5.56 Å². The molecule has 2 N–H and O–H groups in total. The Balaban J connectivity index is 1.46. The normalized spacial score (nSPS) is 10.5. The van der Waals surface area contributed by atoms with Gasteiger partial charge in [0.2, 0.25) is 5.91 Å². The fraction of sp³-hybridized carbons (Fsp3) is 0.211. The van der Waals surface area contributed by atoms with Gasteiger partial charge in [-0.15, -0.1) is 11.3 Å². The largest absolute Gasteiger partial charge is 0.458 e. The number of hydrogen-bond donors (Lipinski definition) is 2. The monoisotopic (exact) mass is 414 g/mol. The molecule has 0 atom stereocenters. The fourth-order valence-electron chi connectivity index (χ4n) is 2.48. The maximum atomic E-state index is 12.1. The molecule has 9 nitrogen and oxygen atoms in total. The highest BCUT2D eigenvalue weighted by Gasteiger charge is 2.11. The minimum absolute atomic E-state index is 0.191. The number of pyridine rings is 1. The van der Waals surface area contributed by atoms with E-state index in [1.165, 1.54) is 21.8 Å². The van der Waals surface area contributed by atoms with E-state index >= 15 is 0 Å². The number of nitrogens with zero attached hydrogens (tertiary/aromatic N) is 2. The molecular formula is C19H18N4O5S. The molecule has 0 aliphatic heterocycles. The molecule has 2 amide bonds. The molecule has 0 saturated heterocycles. The standard InChI is InChI=1S/C19H18N4O5S/c1-12-4-2-6-23-16(25)8-13(22-18(12)23)11-28-17(26)10-20-15(24)9-21-19(27)14-5-3-7-29-14/h2-8H,9-11H2,1H3,(H,20,24)(H,21,27). The zero-order valence-electron chi connectivity index (χ0n) is 15.5. The lowest BCUT2D eigenvalue weighted by molar-refractivity contribution is -0.145. The van der Waals surface area contributed by atoms with Crippen LogP contribution >= 0.6 is 11.3 Å². The Labute approximate surface area is 169 Å². The van der Waals surface area contributed by atoms with E-state index in [4.69, 9.17) is 4.74 Å². The second-order valence-corrected chi connectivity index (χ2v) is 7.02. The molecule has 0 bridgehead atoms. The van der Waals surface area contributed by atoms with Gasteiger partial charge in [-0.3, -0.25) is 23.6 Å². The van der Waals surface area contributed by atoms with Gasteiger partial charge in [0.25, 0.3) is 11.5 Å². The van der Waals surface area contributed by atoms with E-state index in [-0.39, 0.29) is 31.2 Å². The van der Waals surface area contributed by atoms with E-state index < -0.39 is 11.9 Å². The quantitative estimate of drug-likeness (QED) is 0.548. The van der Waals surface area contributed by atoms with Crippen molar-refractivity contribution in [2.24, 2.45) is 0 Å². The molecule has 10 heteroatoms. The van der Waals surface area contributed by atoms with Crippen LogP contribution in [0.2, 0.25) is 0 Å². The van der Waals surface area contributed by atoms with Crippen molar-refractivity contribution in [1.82, 2.24) is 20.0 Å². The third-order valence-electron chi connectivity index (χ3n) is 3.90. The third-order valence-corrected chi connectivity index (χ3v) is 4.77. The molecule has 0 spiro atoms. The molecule has 0 aromatic carbocycles. The van der Waals surface area contributed by atoms with Crippen LogP contribution < -0.4 is 16.2 Å². The van der Waals surface area contributed by atoms with Crippen LogP contribution in [0.25, 0.3) is 5.65 Å². The SMILES string of the molecule is Cc1cccn2c(=O)cc(COC(=O)CNC(=O)CNC(=O)c3cccs3)nc12. The Morgan fingerprint density at radius 3 is 2.76 bits per heavy atom. The van der Waals surface area contributed by atoms with Crippen LogP contribution in [0.4, 0.5) is 0 Å². The Hall–Kier alpha value is -3.53. The van der Waals surface area contributed by atoms with Crippen molar-refractivity contribution in [2.75, 3.05) is 13.1 Å². The highest BCUT2D eigenvalue weighted by atomic mass is 32.1. The minimum atomic E-state index is -0.685. The third kappa shape index (κ3) is 5.26. The van der Waals surface area contributed by atoms with Crippen molar-refractivity contribution in [2.45, 2.75) is 13.5 Å².